The zero-order chi connectivity index (χ0) is 26.3. The number of rotatable bonds is 4. The number of hydrogen-bond acceptors (Lipinski definition) is 0. The summed E-state index contributed by atoms with van der Waals surface area (Å²) in [4.78, 5) is 0. The average molecular weight is 493 g/mol. The Morgan fingerprint density at radius 1 is 0.618 bits per heavy atom. The molecule has 2 atom stereocenters. The molecule has 0 amide bonds. The van der Waals surface area contributed by atoms with Gasteiger partial charge in [0, 0.05) is 0 Å². The van der Waals surface area contributed by atoms with E-state index < -0.39 is 17.3 Å². The summed E-state index contributed by atoms with van der Waals surface area (Å²) in [6.07, 6.45) is 9.00. The van der Waals surface area contributed by atoms with Gasteiger partial charge in [-0.3, -0.25) is 0 Å². The molecule has 34 heavy (non-hydrogen) atoms. The molecule has 4 aliphatic carbocycles. The van der Waals surface area contributed by atoms with Gasteiger partial charge in [-0.25, -0.2) is 4.39 Å². The van der Waals surface area contributed by atoms with Crippen LogP contribution in [0, 0.1) is 46.8 Å². The molecular weight excluding hydrogens is 436 g/mol. The zero-order valence-corrected chi connectivity index (χ0v) is 23.8. The predicted octanol–water partition coefficient (Wildman–Crippen LogP) is 11.0. The fourth-order valence-electron chi connectivity index (χ4n) is 5.79. The molecule has 0 aromatic rings. The summed E-state index contributed by atoms with van der Waals surface area (Å²) in [6, 6.07) is 0. The van der Waals surface area contributed by atoms with E-state index in [1.807, 2.05) is 0 Å². The van der Waals surface area contributed by atoms with E-state index in [9.17, 15) is 17.6 Å². The summed E-state index contributed by atoms with van der Waals surface area (Å²) < 4.78 is 49.6. The largest absolute Gasteiger partial charge is 0.394 e. The first-order chi connectivity index (χ1) is 15.5. The second-order valence-corrected chi connectivity index (χ2v) is 13.2. The highest BCUT2D eigenvalue weighted by Crippen LogP contribution is 2.62. The summed E-state index contributed by atoms with van der Waals surface area (Å²) in [5.74, 6) is 4.64. The monoisotopic (exact) mass is 492 g/mol. The van der Waals surface area contributed by atoms with Crippen LogP contribution in [0.5, 0.6) is 0 Å². The van der Waals surface area contributed by atoms with Crippen LogP contribution in [-0.4, -0.2) is 11.8 Å². The molecule has 4 rings (SSSR count). The molecule has 0 radical (unpaired) electrons. The second kappa shape index (κ2) is 13.3. The van der Waals surface area contributed by atoms with Crippen molar-refractivity contribution < 1.29 is 17.6 Å². The van der Waals surface area contributed by atoms with E-state index in [0.29, 0.717) is 24.7 Å². The first kappa shape index (κ1) is 31.7. The number of hydrogen-bond donors (Lipinski definition) is 0. The van der Waals surface area contributed by atoms with Crippen molar-refractivity contribution in [3.05, 3.63) is 0 Å². The molecule has 2 unspecified atom stereocenters. The third kappa shape index (κ3) is 9.30. The molecule has 0 aromatic heterocycles. The van der Waals surface area contributed by atoms with Gasteiger partial charge in [0.2, 0.25) is 0 Å². The summed E-state index contributed by atoms with van der Waals surface area (Å²) in [5, 5.41) is 0. The molecule has 0 heterocycles. The second-order valence-electron chi connectivity index (χ2n) is 13.2. The molecule has 0 N–H and O–H groups in total. The van der Waals surface area contributed by atoms with Crippen molar-refractivity contribution in [3.8, 4) is 0 Å². The molecule has 4 saturated carbocycles. The van der Waals surface area contributed by atoms with Crippen molar-refractivity contribution in [1.82, 2.24) is 0 Å². The van der Waals surface area contributed by atoms with Crippen molar-refractivity contribution >= 4 is 0 Å². The van der Waals surface area contributed by atoms with Crippen LogP contribution < -0.4 is 0 Å². The number of alkyl halides is 4. The van der Waals surface area contributed by atoms with Gasteiger partial charge in [-0.1, -0.05) is 100 Å². The average Bonchev–Trinajstić information content (AvgIpc) is 3.29. The fourth-order valence-corrected chi connectivity index (χ4v) is 5.79. The lowest BCUT2D eigenvalue weighted by molar-refractivity contribution is -0.199. The van der Waals surface area contributed by atoms with Crippen LogP contribution in [0.1, 0.15) is 133 Å². The van der Waals surface area contributed by atoms with Crippen molar-refractivity contribution in [2.24, 2.45) is 46.8 Å². The van der Waals surface area contributed by atoms with Crippen molar-refractivity contribution in [1.29, 1.82) is 0 Å². The van der Waals surface area contributed by atoms with Gasteiger partial charge in [-0.2, -0.15) is 13.2 Å². The Bertz CT molecular complexity index is 545. The van der Waals surface area contributed by atoms with Gasteiger partial charge in [0.15, 0.2) is 0 Å². The van der Waals surface area contributed by atoms with Gasteiger partial charge >= 0.3 is 6.18 Å². The van der Waals surface area contributed by atoms with Crippen molar-refractivity contribution in [2.75, 3.05) is 0 Å². The highest BCUT2D eigenvalue weighted by atomic mass is 19.4. The predicted molar refractivity (Wildman–Crippen MR) is 139 cm³/mol. The standard InChI is InChI=1S/C8H15F.C8H16.C7H11F3.C7H14/c1-6(2)7-4-5-8(7,3)9;1-7(2)8-5-3-4-6-8;1-5(2)6(3-4-6)7(8,9)10;1-6(2)7-4-3-5-7/h6-7H,4-5H2,1-3H3;7-8H,3-6H2,1-2H3;5H,3-4H2,1-2H3;6-7H,3-5H2,1-2H3. The minimum Gasteiger partial charge on any atom is -0.244 e. The molecule has 0 saturated heterocycles. The third-order valence-corrected chi connectivity index (χ3v) is 9.42. The summed E-state index contributed by atoms with van der Waals surface area (Å²) in [6.45, 7) is 18.5. The van der Waals surface area contributed by atoms with E-state index in [0.717, 1.165) is 36.5 Å². The smallest absolute Gasteiger partial charge is 0.244 e. The van der Waals surface area contributed by atoms with Gasteiger partial charge in [0.05, 0.1) is 5.41 Å². The molecule has 4 heteroatoms. The molecule has 204 valence electrons. The summed E-state index contributed by atoms with van der Waals surface area (Å²) in [7, 11) is 0. The van der Waals surface area contributed by atoms with Crippen LogP contribution in [0.3, 0.4) is 0 Å². The van der Waals surface area contributed by atoms with Crippen molar-refractivity contribution in [2.45, 2.75) is 145 Å². The maximum atomic E-state index is 13.1. The van der Waals surface area contributed by atoms with Gasteiger partial charge in [-0.05, 0) is 74.0 Å². The van der Waals surface area contributed by atoms with Crippen LogP contribution in [0.25, 0.3) is 0 Å². The van der Waals surface area contributed by atoms with Gasteiger partial charge < -0.3 is 0 Å². The lowest BCUT2D eigenvalue weighted by Crippen LogP contribution is -2.42. The third-order valence-electron chi connectivity index (χ3n) is 9.42. The number of halogens is 4. The fraction of sp³-hybridized carbons (Fsp3) is 1.00. The molecular formula is C30H56F4. The molecule has 0 bridgehead atoms. The zero-order valence-electron chi connectivity index (χ0n) is 23.8. The Balaban J connectivity index is 0.000000228. The SMILES string of the molecule is CC(C)C1(C(F)(F)F)CC1.CC(C)C1CCC1.CC(C)C1CCC1(C)F.CC(C)C1CCCC1. The quantitative estimate of drug-likeness (QED) is 0.342. The van der Waals surface area contributed by atoms with Crippen LogP contribution >= 0.6 is 0 Å². The van der Waals surface area contributed by atoms with E-state index in [1.54, 1.807) is 20.8 Å². The Kier molecular flexibility index (Phi) is 12.4. The van der Waals surface area contributed by atoms with Crippen molar-refractivity contribution in [3.63, 3.8) is 0 Å². The van der Waals surface area contributed by atoms with E-state index in [2.05, 4.69) is 41.5 Å². The highest BCUT2D eigenvalue weighted by Gasteiger charge is 2.64. The minimum absolute atomic E-state index is 0.257. The van der Waals surface area contributed by atoms with Gasteiger partial charge in [0.1, 0.15) is 5.67 Å². The molecule has 0 nitrogen and oxygen atoms in total. The molecule has 0 spiro atoms. The minimum atomic E-state index is -3.97. The summed E-state index contributed by atoms with van der Waals surface area (Å²) in [5.41, 5.74) is -2.15. The first-order valence-electron chi connectivity index (χ1n) is 14.3. The van der Waals surface area contributed by atoms with E-state index in [4.69, 9.17) is 0 Å². The first-order valence-corrected chi connectivity index (χ1v) is 14.3. The molecule has 0 aromatic carbocycles. The lowest BCUT2D eigenvalue weighted by Gasteiger charge is -2.43. The molecule has 0 aliphatic heterocycles. The Morgan fingerprint density at radius 3 is 1.09 bits per heavy atom. The van der Waals surface area contributed by atoms with E-state index >= 15 is 0 Å². The maximum Gasteiger partial charge on any atom is 0.394 e. The van der Waals surface area contributed by atoms with Gasteiger partial charge in [0.25, 0.3) is 0 Å². The van der Waals surface area contributed by atoms with Gasteiger partial charge in [-0.15, -0.1) is 0 Å². The molecule has 4 aliphatic rings. The Labute approximate surface area is 209 Å². The van der Waals surface area contributed by atoms with E-state index in [1.165, 1.54) is 44.9 Å². The van der Waals surface area contributed by atoms with Crippen LogP contribution in [0.4, 0.5) is 17.6 Å². The Hall–Kier alpha value is -0.280. The van der Waals surface area contributed by atoms with Crippen LogP contribution in [0.15, 0.2) is 0 Å². The maximum absolute atomic E-state index is 13.1. The highest BCUT2D eigenvalue weighted by molar-refractivity contribution is 5.01. The normalized spacial score (nSPS) is 28.3. The summed E-state index contributed by atoms with van der Waals surface area (Å²) >= 11 is 0. The van der Waals surface area contributed by atoms with Crippen LogP contribution in [0.2, 0.25) is 0 Å². The Morgan fingerprint density at radius 2 is 1.03 bits per heavy atom. The lowest BCUT2D eigenvalue weighted by atomic mass is 9.67. The topological polar surface area (TPSA) is 0 Å². The van der Waals surface area contributed by atoms with Crippen LogP contribution in [-0.2, 0) is 0 Å². The van der Waals surface area contributed by atoms with E-state index in [-0.39, 0.29) is 5.92 Å². The molecule has 4 fully saturated rings.